The van der Waals surface area contributed by atoms with Gasteiger partial charge in [-0.05, 0) is 43.7 Å². The second kappa shape index (κ2) is 5.39. The lowest BCUT2D eigenvalue weighted by Gasteiger charge is -2.31. The molecule has 0 aliphatic heterocycles. The van der Waals surface area contributed by atoms with Crippen molar-refractivity contribution < 1.29 is 9.13 Å². The van der Waals surface area contributed by atoms with Gasteiger partial charge in [0.05, 0.1) is 5.69 Å². The van der Waals surface area contributed by atoms with Crippen LogP contribution in [0.4, 0.5) is 10.1 Å². The van der Waals surface area contributed by atoms with E-state index >= 15 is 0 Å². The molecule has 2 nitrogen and oxygen atoms in total. The highest BCUT2D eigenvalue weighted by molar-refractivity contribution is 5.52. The first-order chi connectivity index (χ1) is 8.20. The Labute approximate surface area is 102 Å². The van der Waals surface area contributed by atoms with Crippen molar-refractivity contribution in [1.82, 2.24) is 0 Å². The molecular formula is C14H20FNO. The van der Waals surface area contributed by atoms with E-state index < -0.39 is 0 Å². The molecule has 0 aromatic heterocycles. The Kier molecular flexibility index (Phi) is 3.87. The molecule has 0 spiro atoms. The smallest absolute Gasteiger partial charge is 0.145 e. The van der Waals surface area contributed by atoms with E-state index in [0.29, 0.717) is 17.4 Å². The van der Waals surface area contributed by atoms with Crippen molar-refractivity contribution >= 4 is 5.69 Å². The van der Waals surface area contributed by atoms with Crippen LogP contribution in [0.2, 0.25) is 0 Å². The van der Waals surface area contributed by atoms with Crippen molar-refractivity contribution in [3.05, 3.63) is 24.0 Å². The van der Waals surface area contributed by atoms with Gasteiger partial charge in [-0.3, -0.25) is 0 Å². The molecule has 0 amide bonds. The number of hydrogen-bond donors (Lipinski definition) is 1. The summed E-state index contributed by atoms with van der Waals surface area (Å²) in [6.07, 6.45) is 6.02. The molecule has 3 heteroatoms. The molecule has 1 aromatic carbocycles. The third-order valence-corrected chi connectivity index (χ3v) is 3.62. The maximum Gasteiger partial charge on any atom is 0.145 e. The number of nitrogens with two attached hydrogens (primary N) is 1. The molecule has 0 heterocycles. The van der Waals surface area contributed by atoms with Crippen LogP contribution in [0.5, 0.6) is 5.75 Å². The molecule has 1 saturated carbocycles. The topological polar surface area (TPSA) is 35.2 Å². The molecule has 2 atom stereocenters. The van der Waals surface area contributed by atoms with E-state index in [1.807, 2.05) is 0 Å². The van der Waals surface area contributed by atoms with Crippen LogP contribution in [-0.4, -0.2) is 6.10 Å². The maximum atomic E-state index is 13.1. The van der Waals surface area contributed by atoms with Gasteiger partial charge in [0.25, 0.3) is 0 Å². The average Bonchev–Trinajstić information content (AvgIpc) is 2.34. The lowest BCUT2D eigenvalue weighted by Crippen LogP contribution is -2.30. The Balaban J connectivity index is 2.10. The zero-order chi connectivity index (χ0) is 12.3. The highest BCUT2D eigenvalue weighted by Gasteiger charge is 2.25. The normalized spacial score (nSPS) is 24.6. The highest BCUT2D eigenvalue weighted by Crippen LogP contribution is 2.32. The van der Waals surface area contributed by atoms with Gasteiger partial charge in [-0.2, -0.15) is 0 Å². The van der Waals surface area contributed by atoms with Crippen LogP contribution in [0.15, 0.2) is 18.2 Å². The predicted octanol–water partition coefficient (Wildman–Crippen LogP) is 3.76. The van der Waals surface area contributed by atoms with Crippen LogP contribution in [0.1, 0.15) is 39.0 Å². The maximum absolute atomic E-state index is 13.1. The molecule has 1 fully saturated rings. The summed E-state index contributed by atoms with van der Waals surface area (Å²) in [4.78, 5) is 0. The van der Waals surface area contributed by atoms with Crippen LogP contribution in [0, 0.1) is 11.7 Å². The summed E-state index contributed by atoms with van der Waals surface area (Å²) in [5.74, 6) is 0.778. The van der Waals surface area contributed by atoms with E-state index in [1.54, 1.807) is 6.07 Å². The van der Waals surface area contributed by atoms with Gasteiger partial charge in [-0.1, -0.05) is 13.3 Å². The summed E-state index contributed by atoms with van der Waals surface area (Å²) >= 11 is 0. The molecule has 1 aliphatic rings. The monoisotopic (exact) mass is 237 g/mol. The van der Waals surface area contributed by atoms with E-state index in [-0.39, 0.29) is 11.9 Å². The Hall–Kier alpha value is -1.25. The van der Waals surface area contributed by atoms with Crippen molar-refractivity contribution in [3.63, 3.8) is 0 Å². The van der Waals surface area contributed by atoms with Gasteiger partial charge < -0.3 is 10.5 Å². The van der Waals surface area contributed by atoms with Gasteiger partial charge in [-0.25, -0.2) is 4.39 Å². The van der Waals surface area contributed by atoms with Crippen molar-refractivity contribution in [2.24, 2.45) is 5.92 Å². The SMILES string of the molecule is CCC1CCCCC1Oc1cc(F)ccc1N. The first-order valence-electron chi connectivity index (χ1n) is 6.42. The van der Waals surface area contributed by atoms with Crippen LogP contribution in [-0.2, 0) is 0 Å². The Morgan fingerprint density at radius 3 is 2.88 bits per heavy atom. The summed E-state index contributed by atoms with van der Waals surface area (Å²) in [5.41, 5.74) is 6.32. The minimum atomic E-state index is -0.293. The summed E-state index contributed by atoms with van der Waals surface area (Å²) in [6, 6.07) is 4.31. The van der Waals surface area contributed by atoms with Gasteiger partial charge in [0.2, 0.25) is 0 Å². The summed E-state index contributed by atoms with van der Waals surface area (Å²) in [7, 11) is 0. The zero-order valence-corrected chi connectivity index (χ0v) is 10.3. The summed E-state index contributed by atoms with van der Waals surface area (Å²) in [5, 5.41) is 0. The zero-order valence-electron chi connectivity index (χ0n) is 10.3. The molecule has 2 unspecified atom stereocenters. The standard InChI is InChI=1S/C14H20FNO/c1-2-10-5-3-4-6-13(10)17-14-9-11(15)7-8-12(14)16/h7-10,13H,2-6,16H2,1H3. The minimum Gasteiger partial charge on any atom is -0.488 e. The third kappa shape index (κ3) is 2.90. The molecule has 0 bridgehead atoms. The molecule has 94 valence electrons. The number of benzene rings is 1. The highest BCUT2D eigenvalue weighted by atomic mass is 19.1. The fourth-order valence-electron chi connectivity index (χ4n) is 2.57. The van der Waals surface area contributed by atoms with Crippen LogP contribution in [0.25, 0.3) is 0 Å². The molecule has 0 radical (unpaired) electrons. The summed E-state index contributed by atoms with van der Waals surface area (Å²) in [6.45, 7) is 2.18. The fourth-order valence-corrected chi connectivity index (χ4v) is 2.57. The number of ether oxygens (including phenoxy) is 1. The predicted molar refractivity (Wildman–Crippen MR) is 67.5 cm³/mol. The second-order valence-corrected chi connectivity index (χ2v) is 4.79. The number of halogens is 1. The number of nitrogen functional groups attached to an aromatic ring is 1. The minimum absolute atomic E-state index is 0.192. The van der Waals surface area contributed by atoms with Crippen LogP contribution >= 0.6 is 0 Å². The van der Waals surface area contributed by atoms with Crippen molar-refractivity contribution in [2.75, 3.05) is 5.73 Å². The molecule has 0 saturated heterocycles. The van der Waals surface area contributed by atoms with Gasteiger partial charge in [0.15, 0.2) is 0 Å². The number of hydrogen-bond acceptors (Lipinski definition) is 2. The van der Waals surface area contributed by atoms with Gasteiger partial charge in [0, 0.05) is 6.07 Å². The lowest BCUT2D eigenvalue weighted by molar-refractivity contribution is 0.0908. The first kappa shape index (κ1) is 12.2. The molecule has 17 heavy (non-hydrogen) atoms. The van der Waals surface area contributed by atoms with Crippen LogP contribution < -0.4 is 10.5 Å². The summed E-state index contributed by atoms with van der Waals surface area (Å²) < 4.78 is 19.1. The van der Waals surface area contributed by atoms with E-state index in [9.17, 15) is 4.39 Å². The molecule has 2 rings (SSSR count). The number of rotatable bonds is 3. The van der Waals surface area contributed by atoms with Crippen molar-refractivity contribution in [1.29, 1.82) is 0 Å². The van der Waals surface area contributed by atoms with E-state index in [0.717, 1.165) is 12.8 Å². The average molecular weight is 237 g/mol. The first-order valence-corrected chi connectivity index (χ1v) is 6.42. The fraction of sp³-hybridized carbons (Fsp3) is 0.571. The third-order valence-electron chi connectivity index (χ3n) is 3.62. The van der Waals surface area contributed by atoms with Gasteiger partial charge in [0.1, 0.15) is 17.7 Å². The molecular weight excluding hydrogens is 217 g/mol. The molecule has 2 N–H and O–H groups in total. The largest absolute Gasteiger partial charge is 0.488 e. The Bertz CT molecular complexity index is 380. The molecule has 1 aliphatic carbocycles. The van der Waals surface area contributed by atoms with Crippen molar-refractivity contribution in [2.45, 2.75) is 45.1 Å². The Morgan fingerprint density at radius 1 is 1.35 bits per heavy atom. The quantitative estimate of drug-likeness (QED) is 0.812. The van der Waals surface area contributed by atoms with Gasteiger partial charge in [-0.15, -0.1) is 0 Å². The van der Waals surface area contributed by atoms with E-state index in [2.05, 4.69) is 6.92 Å². The second-order valence-electron chi connectivity index (χ2n) is 4.79. The molecule has 1 aromatic rings. The van der Waals surface area contributed by atoms with Crippen LogP contribution in [0.3, 0.4) is 0 Å². The van der Waals surface area contributed by atoms with Gasteiger partial charge >= 0.3 is 0 Å². The van der Waals surface area contributed by atoms with E-state index in [4.69, 9.17) is 10.5 Å². The van der Waals surface area contributed by atoms with E-state index in [1.165, 1.54) is 31.4 Å². The Morgan fingerprint density at radius 2 is 2.12 bits per heavy atom. The van der Waals surface area contributed by atoms with Crippen molar-refractivity contribution in [3.8, 4) is 5.75 Å². The lowest BCUT2D eigenvalue weighted by atomic mass is 9.85. The number of anilines is 1.